The van der Waals surface area contributed by atoms with Gasteiger partial charge < -0.3 is 15.4 Å². The Kier molecular flexibility index (Phi) is 9.60. The van der Waals surface area contributed by atoms with Crippen molar-refractivity contribution in [2.75, 3.05) is 32.8 Å². The summed E-state index contributed by atoms with van der Waals surface area (Å²) in [5.41, 5.74) is 5.39. The number of hydrogen-bond donors (Lipinski definition) is 1. The molecule has 2 amide bonds. The number of primary amides is 1. The number of carbonyl (C=O) groups excluding carboxylic acids is 2. The molecule has 3 aliphatic heterocycles. The minimum Gasteiger partial charge on any atom is -0.448 e. The van der Waals surface area contributed by atoms with E-state index in [0.717, 1.165) is 44.5 Å². The molecule has 3 heterocycles. The molecule has 0 aromatic heterocycles. The van der Waals surface area contributed by atoms with E-state index in [9.17, 15) is 26.8 Å². The van der Waals surface area contributed by atoms with Crippen molar-refractivity contribution in [2.45, 2.75) is 73.9 Å². The second-order valence-corrected chi connectivity index (χ2v) is 13.9. The van der Waals surface area contributed by atoms with Crippen LogP contribution in [0.4, 0.5) is 13.6 Å². The fraction of sp³-hybridized carbons (Fsp3) is 0.533. The Balaban J connectivity index is 1.33. The number of nitrogens with two attached hydrogens (primary N) is 1. The third-order valence-electron chi connectivity index (χ3n) is 9.07. The van der Waals surface area contributed by atoms with E-state index >= 15 is 0 Å². The van der Waals surface area contributed by atoms with Crippen molar-refractivity contribution in [3.8, 4) is 0 Å². The smallest absolute Gasteiger partial charge is 0.409 e. The van der Waals surface area contributed by atoms with Crippen LogP contribution < -0.4 is 5.73 Å². The molecule has 0 radical (unpaired) electrons. The molecule has 9 nitrogen and oxygen atoms in total. The van der Waals surface area contributed by atoms with Gasteiger partial charge in [-0.3, -0.25) is 9.69 Å². The minimum absolute atomic E-state index is 0.0146. The highest BCUT2D eigenvalue weighted by molar-refractivity contribution is 7.89. The van der Waals surface area contributed by atoms with E-state index in [2.05, 4.69) is 4.90 Å². The van der Waals surface area contributed by atoms with E-state index in [0.29, 0.717) is 42.7 Å². The van der Waals surface area contributed by atoms with Crippen molar-refractivity contribution in [1.29, 1.82) is 0 Å². The largest absolute Gasteiger partial charge is 0.448 e. The maximum absolute atomic E-state index is 14.2. The summed E-state index contributed by atoms with van der Waals surface area (Å²) >= 11 is 5.99. The highest BCUT2D eigenvalue weighted by atomic mass is 35.5. The van der Waals surface area contributed by atoms with Crippen LogP contribution in [-0.2, 0) is 19.6 Å². The molecule has 2 aromatic carbocycles. The van der Waals surface area contributed by atoms with E-state index in [4.69, 9.17) is 22.1 Å². The second-order valence-electron chi connectivity index (χ2n) is 11.6. The van der Waals surface area contributed by atoms with Gasteiger partial charge in [0.15, 0.2) is 11.6 Å². The Morgan fingerprint density at radius 3 is 2.23 bits per heavy atom. The van der Waals surface area contributed by atoms with E-state index in [1.165, 1.54) is 39.5 Å². The molecule has 5 rings (SSSR count). The lowest BCUT2D eigenvalue weighted by atomic mass is 9.83. The predicted octanol–water partition coefficient (Wildman–Crippen LogP) is 4.85. The van der Waals surface area contributed by atoms with Gasteiger partial charge in [-0.2, -0.15) is 4.31 Å². The number of carbonyl (C=O) groups is 2. The molecule has 43 heavy (non-hydrogen) atoms. The molecule has 2 atom stereocenters. The molecule has 0 spiro atoms. The lowest BCUT2D eigenvalue weighted by Crippen LogP contribution is -2.63. The number of benzene rings is 2. The van der Waals surface area contributed by atoms with Crippen LogP contribution in [0, 0.1) is 11.6 Å². The molecule has 3 fully saturated rings. The number of ether oxygens (including phenoxy) is 1. The van der Waals surface area contributed by atoms with Gasteiger partial charge in [0, 0.05) is 18.1 Å². The highest BCUT2D eigenvalue weighted by Gasteiger charge is 2.46. The number of likely N-dealkylation sites (tertiary alicyclic amines) is 2. The molecule has 0 bridgehead atoms. The van der Waals surface area contributed by atoms with Crippen molar-refractivity contribution in [1.82, 2.24) is 14.1 Å². The summed E-state index contributed by atoms with van der Waals surface area (Å²) in [4.78, 5) is 29.4. The van der Waals surface area contributed by atoms with Crippen molar-refractivity contribution in [2.24, 2.45) is 5.73 Å². The first kappa shape index (κ1) is 31.6. The molecule has 2 N–H and O–H groups in total. The van der Waals surface area contributed by atoms with Crippen LogP contribution in [0.2, 0.25) is 5.02 Å². The molecule has 1 unspecified atom stereocenters. The third-order valence-corrected chi connectivity index (χ3v) is 11.3. The lowest BCUT2D eigenvalue weighted by molar-refractivity contribution is -0.134. The van der Waals surface area contributed by atoms with Crippen molar-refractivity contribution < 1.29 is 31.5 Å². The summed E-state index contributed by atoms with van der Waals surface area (Å²) in [6.07, 6.45) is 4.68. The fourth-order valence-corrected chi connectivity index (χ4v) is 8.67. The fourth-order valence-electron chi connectivity index (χ4n) is 6.70. The zero-order valence-electron chi connectivity index (χ0n) is 23.9. The number of hydrogen-bond acceptors (Lipinski definition) is 6. The van der Waals surface area contributed by atoms with Crippen LogP contribution in [0.3, 0.4) is 0 Å². The summed E-state index contributed by atoms with van der Waals surface area (Å²) in [5.74, 6) is -2.48. The molecule has 0 saturated carbocycles. The minimum atomic E-state index is -4.16. The van der Waals surface area contributed by atoms with Gasteiger partial charge in [-0.1, -0.05) is 24.1 Å². The number of piperidine rings is 3. The highest BCUT2D eigenvalue weighted by Crippen LogP contribution is 2.40. The standard InChI is InChI=1S/C30H37ClF2N4O5S/c31-22-8-10-24(11-9-22)43(40,41)37-23(5-4-6-27(37)21-7-12-25(32)26(33)19-21)20-42-29(39)35-17-13-30(14-18-35,28(34)38)36-15-2-1-3-16-36/h7-12,19,23,27H,1-6,13-18,20H2,(H2,34,38)/t23-,27?/m1/s1. The van der Waals surface area contributed by atoms with Crippen LogP contribution in [-0.4, -0.2) is 78.9 Å². The molecule has 2 aromatic rings. The molecule has 3 aliphatic rings. The Morgan fingerprint density at radius 2 is 1.60 bits per heavy atom. The van der Waals surface area contributed by atoms with Gasteiger partial charge in [0.25, 0.3) is 0 Å². The quantitative estimate of drug-likeness (QED) is 0.464. The van der Waals surface area contributed by atoms with Crippen LogP contribution in [0.5, 0.6) is 0 Å². The van der Waals surface area contributed by atoms with Gasteiger partial charge in [-0.25, -0.2) is 22.0 Å². The van der Waals surface area contributed by atoms with E-state index in [1.807, 2.05) is 0 Å². The Hall–Kier alpha value is -2.80. The monoisotopic (exact) mass is 638 g/mol. The summed E-state index contributed by atoms with van der Waals surface area (Å²) < 4.78 is 62.9. The Labute approximate surface area is 255 Å². The summed E-state index contributed by atoms with van der Waals surface area (Å²) in [7, 11) is -4.16. The zero-order chi connectivity index (χ0) is 30.8. The zero-order valence-corrected chi connectivity index (χ0v) is 25.5. The first-order chi connectivity index (χ1) is 20.5. The summed E-state index contributed by atoms with van der Waals surface area (Å²) in [6.45, 7) is 1.94. The molecule has 0 aliphatic carbocycles. The van der Waals surface area contributed by atoms with Crippen LogP contribution in [0.25, 0.3) is 0 Å². The summed E-state index contributed by atoms with van der Waals surface area (Å²) in [5, 5.41) is 0.363. The normalized spacial score (nSPS) is 23.6. The third kappa shape index (κ3) is 6.52. The Bertz CT molecular complexity index is 1430. The van der Waals surface area contributed by atoms with Gasteiger partial charge in [-0.05, 0) is 100.0 Å². The molecular formula is C30H37ClF2N4O5S. The lowest BCUT2D eigenvalue weighted by Gasteiger charge is -2.47. The van der Waals surface area contributed by atoms with E-state index < -0.39 is 45.4 Å². The topological polar surface area (TPSA) is 113 Å². The second kappa shape index (κ2) is 13.1. The van der Waals surface area contributed by atoms with Crippen LogP contribution >= 0.6 is 11.6 Å². The number of rotatable bonds is 7. The SMILES string of the molecule is NC(=O)C1(N2CCCCC2)CCN(C(=O)OC[C@H]2CCCC(c3ccc(F)c(F)c3)N2S(=O)(=O)c2ccc(Cl)cc2)CC1. The molecule has 234 valence electrons. The van der Waals surface area contributed by atoms with E-state index in [1.54, 1.807) is 0 Å². The molecular weight excluding hydrogens is 602 g/mol. The maximum Gasteiger partial charge on any atom is 0.409 e. The van der Waals surface area contributed by atoms with Gasteiger partial charge >= 0.3 is 6.09 Å². The average molecular weight is 639 g/mol. The molecule has 13 heteroatoms. The van der Waals surface area contributed by atoms with Crippen molar-refractivity contribution in [3.05, 3.63) is 64.7 Å². The van der Waals surface area contributed by atoms with Gasteiger partial charge in [-0.15, -0.1) is 0 Å². The maximum atomic E-state index is 14.2. The van der Waals surface area contributed by atoms with Crippen LogP contribution in [0.1, 0.15) is 63.0 Å². The number of amides is 2. The van der Waals surface area contributed by atoms with Gasteiger partial charge in [0.05, 0.1) is 17.0 Å². The number of halogens is 3. The Morgan fingerprint density at radius 1 is 0.930 bits per heavy atom. The first-order valence-corrected chi connectivity index (χ1v) is 16.6. The summed E-state index contributed by atoms with van der Waals surface area (Å²) in [6, 6.07) is 7.52. The van der Waals surface area contributed by atoms with Gasteiger partial charge in [0.2, 0.25) is 15.9 Å². The molecule has 3 saturated heterocycles. The number of nitrogens with zero attached hydrogens (tertiary/aromatic N) is 3. The van der Waals surface area contributed by atoms with Crippen LogP contribution in [0.15, 0.2) is 47.4 Å². The van der Waals surface area contributed by atoms with E-state index in [-0.39, 0.29) is 30.5 Å². The van der Waals surface area contributed by atoms with Gasteiger partial charge in [0.1, 0.15) is 12.1 Å². The predicted molar refractivity (Wildman–Crippen MR) is 157 cm³/mol. The van der Waals surface area contributed by atoms with Crippen molar-refractivity contribution in [3.63, 3.8) is 0 Å². The number of sulfonamides is 1. The van der Waals surface area contributed by atoms with Crippen molar-refractivity contribution >= 4 is 33.6 Å². The first-order valence-electron chi connectivity index (χ1n) is 14.7. The average Bonchev–Trinajstić information content (AvgIpc) is 3.01.